The Morgan fingerprint density at radius 2 is 1.74 bits per heavy atom. The zero-order chi connectivity index (χ0) is 18.5. The van der Waals surface area contributed by atoms with E-state index in [4.69, 9.17) is 0 Å². The number of aromatic nitrogens is 2. The van der Waals surface area contributed by atoms with Crippen molar-refractivity contribution in [3.05, 3.63) is 71.9 Å². The monoisotopic (exact) mass is 359 g/mol. The van der Waals surface area contributed by atoms with Crippen LogP contribution in [0.4, 0.5) is 23.1 Å². The SMILES string of the molecule is Cc1ccccc1CNc1nccc(Nc2ccc(N3CCCC3)cc2)n1. The Labute approximate surface area is 160 Å². The largest absolute Gasteiger partial charge is 0.372 e. The van der Waals surface area contributed by atoms with Crippen LogP contribution < -0.4 is 15.5 Å². The number of benzene rings is 2. The summed E-state index contributed by atoms with van der Waals surface area (Å²) in [6.07, 6.45) is 4.35. The van der Waals surface area contributed by atoms with Gasteiger partial charge in [-0.1, -0.05) is 24.3 Å². The lowest BCUT2D eigenvalue weighted by molar-refractivity contribution is 0.949. The van der Waals surface area contributed by atoms with Gasteiger partial charge in [0.05, 0.1) is 0 Å². The Morgan fingerprint density at radius 3 is 2.52 bits per heavy atom. The molecule has 5 heteroatoms. The summed E-state index contributed by atoms with van der Waals surface area (Å²) in [6, 6.07) is 18.8. The highest BCUT2D eigenvalue weighted by Gasteiger charge is 2.11. The third-order valence-corrected chi connectivity index (χ3v) is 4.96. The van der Waals surface area contributed by atoms with Gasteiger partial charge < -0.3 is 15.5 Å². The van der Waals surface area contributed by atoms with Crippen molar-refractivity contribution in [1.29, 1.82) is 0 Å². The molecule has 2 N–H and O–H groups in total. The molecule has 0 atom stereocenters. The molecule has 1 aliphatic heterocycles. The lowest BCUT2D eigenvalue weighted by Crippen LogP contribution is -2.17. The van der Waals surface area contributed by atoms with E-state index in [1.54, 1.807) is 6.20 Å². The fourth-order valence-corrected chi connectivity index (χ4v) is 3.37. The van der Waals surface area contributed by atoms with Crippen LogP contribution in [-0.2, 0) is 6.54 Å². The number of hydrogen-bond acceptors (Lipinski definition) is 5. The maximum absolute atomic E-state index is 4.57. The molecule has 0 amide bonds. The average Bonchev–Trinajstić information content (AvgIpc) is 3.23. The minimum absolute atomic E-state index is 0.622. The van der Waals surface area contributed by atoms with Gasteiger partial charge in [0.2, 0.25) is 5.95 Å². The third-order valence-electron chi connectivity index (χ3n) is 4.96. The van der Waals surface area contributed by atoms with Crippen LogP contribution in [0.25, 0.3) is 0 Å². The number of rotatable bonds is 6. The minimum Gasteiger partial charge on any atom is -0.372 e. The van der Waals surface area contributed by atoms with Gasteiger partial charge in [0, 0.05) is 37.2 Å². The zero-order valence-electron chi connectivity index (χ0n) is 15.7. The fraction of sp³-hybridized carbons (Fsp3) is 0.273. The van der Waals surface area contributed by atoms with Crippen molar-refractivity contribution in [2.75, 3.05) is 28.6 Å². The predicted molar refractivity (Wildman–Crippen MR) is 112 cm³/mol. The number of nitrogens with one attached hydrogen (secondary N) is 2. The Morgan fingerprint density at radius 1 is 0.963 bits per heavy atom. The maximum atomic E-state index is 4.57. The molecule has 0 radical (unpaired) electrons. The summed E-state index contributed by atoms with van der Waals surface area (Å²) in [5, 5.41) is 6.67. The van der Waals surface area contributed by atoms with Gasteiger partial charge in [-0.2, -0.15) is 4.98 Å². The first kappa shape index (κ1) is 17.3. The topological polar surface area (TPSA) is 53.1 Å². The van der Waals surface area contributed by atoms with Crippen molar-refractivity contribution >= 4 is 23.1 Å². The van der Waals surface area contributed by atoms with Crippen LogP contribution in [0.3, 0.4) is 0 Å². The van der Waals surface area contributed by atoms with E-state index in [2.05, 4.69) is 81.0 Å². The lowest BCUT2D eigenvalue weighted by atomic mass is 10.1. The Hall–Kier alpha value is -3.08. The second kappa shape index (κ2) is 8.08. The molecule has 2 heterocycles. The van der Waals surface area contributed by atoms with Crippen LogP contribution >= 0.6 is 0 Å². The van der Waals surface area contributed by atoms with E-state index in [-0.39, 0.29) is 0 Å². The van der Waals surface area contributed by atoms with E-state index in [1.807, 2.05) is 6.07 Å². The molecule has 3 aromatic rings. The average molecular weight is 359 g/mol. The summed E-state index contributed by atoms with van der Waals surface area (Å²) in [6.45, 7) is 5.14. The molecule has 1 aliphatic rings. The van der Waals surface area contributed by atoms with Gasteiger partial charge in [0.1, 0.15) is 5.82 Å². The van der Waals surface area contributed by atoms with Gasteiger partial charge in [0.25, 0.3) is 0 Å². The Bertz CT molecular complexity index is 885. The Balaban J connectivity index is 1.39. The van der Waals surface area contributed by atoms with Crippen molar-refractivity contribution in [2.45, 2.75) is 26.3 Å². The normalized spacial score (nSPS) is 13.6. The van der Waals surface area contributed by atoms with Crippen molar-refractivity contribution in [2.24, 2.45) is 0 Å². The van der Waals surface area contributed by atoms with Crippen LogP contribution in [0.1, 0.15) is 24.0 Å². The van der Waals surface area contributed by atoms with Crippen LogP contribution in [0.5, 0.6) is 0 Å². The summed E-state index contributed by atoms with van der Waals surface area (Å²) in [7, 11) is 0. The van der Waals surface area contributed by atoms with Gasteiger partial charge in [0.15, 0.2) is 0 Å². The molecule has 2 aromatic carbocycles. The smallest absolute Gasteiger partial charge is 0.224 e. The molecular formula is C22H25N5. The summed E-state index contributed by atoms with van der Waals surface area (Å²) < 4.78 is 0. The van der Waals surface area contributed by atoms with Gasteiger partial charge in [-0.3, -0.25) is 0 Å². The van der Waals surface area contributed by atoms with E-state index >= 15 is 0 Å². The molecule has 1 fully saturated rings. The lowest BCUT2D eigenvalue weighted by Gasteiger charge is -2.18. The highest BCUT2D eigenvalue weighted by Crippen LogP contribution is 2.23. The number of hydrogen-bond donors (Lipinski definition) is 2. The molecule has 0 saturated carbocycles. The molecule has 1 saturated heterocycles. The highest BCUT2D eigenvalue weighted by molar-refractivity contribution is 5.61. The molecule has 5 nitrogen and oxygen atoms in total. The molecule has 138 valence electrons. The third kappa shape index (κ3) is 4.37. The summed E-state index contributed by atoms with van der Waals surface area (Å²) in [4.78, 5) is 11.3. The van der Waals surface area contributed by atoms with Gasteiger partial charge in [-0.25, -0.2) is 4.98 Å². The Kier molecular flexibility index (Phi) is 5.19. The molecule has 0 aliphatic carbocycles. The van der Waals surface area contributed by atoms with Crippen molar-refractivity contribution in [3.63, 3.8) is 0 Å². The number of aryl methyl sites for hydroxylation is 1. The molecule has 4 rings (SSSR count). The molecule has 0 spiro atoms. The second-order valence-electron chi connectivity index (χ2n) is 6.91. The van der Waals surface area contributed by atoms with Crippen molar-refractivity contribution < 1.29 is 0 Å². The standard InChI is InChI=1S/C22H25N5/c1-17-6-2-3-7-18(17)16-24-22-23-13-12-21(26-22)25-19-8-10-20(11-9-19)27-14-4-5-15-27/h2-3,6-13H,4-5,14-16H2,1H3,(H2,23,24,25,26). The summed E-state index contributed by atoms with van der Waals surface area (Å²) >= 11 is 0. The van der Waals surface area contributed by atoms with Gasteiger partial charge >= 0.3 is 0 Å². The van der Waals surface area contributed by atoms with Crippen molar-refractivity contribution in [3.8, 4) is 0 Å². The molecule has 1 aromatic heterocycles. The first-order valence-corrected chi connectivity index (χ1v) is 9.51. The van der Waals surface area contributed by atoms with E-state index in [9.17, 15) is 0 Å². The summed E-state index contributed by atoms with van der Waals surface area (Å²) in [5.41, 5.74) is 4.83. The van der Waals surface area contributed by atoms with Crippen LogP contribution in [-0.4, -0.2) is 23.1 Å². The minimum atomic E-state index is 0.622. The molecule has 27 heavy (non-hydrogen) atoms. The predicted octanol–water partition coefficient (Wildman–Crippen LogP) is 4.74. The quantitative estimate of drug-likeness (QED) is 0.666. The van der Waals surface area contributed by atoms with Crippen molar-refractivity contribution in [1.82, 2.24) is 9.97 Å². The molecular weight excluding hydrogens is 334 g/mol. The van der Waals surface area contributed by atoms with E-state index in [1.165, 1.54) is 29.7 Å². The highest BCUT2D eigenvalue weighted by atomic mass is 15.1. The first-order valence-electron chi connectivity index (χ1n) is 9.51. The van der Waals surface area contributed by atoms with Gasteiger partial charge in [-0.05, 0) is 61.2 Å². The van der Waals surface area contributed by atoms with Crippen LogP contribution in [0.15, 0.2) is 60.8 Å². The molecule has 0 bridgehead atoms. The van der Waals surface area contributed by atoms with E-state index in [0.29, 0.717) is 12.5 Å². The first-order chi connectivity index (χ1) is 13.3. The number of anilines is 4. The van der Waals surface area contributed by atoms with Crippen LogP contribution in [0, 0.1) is 6.92 Å². The fourth-order valence-electron chi connectivity index (χ4n) is 3.37. The maximum Gasteiger partial charge on any atom is 0.224 e. The van der Waals surface area contributed by atoms with Gasteiger partial charge in [-0.15, -0.1) is 0 Å². The van der Waals surface area contributed by atoms with Crippen LogP contribution in [0.2, 0.25) is 0 Å². The van der Waals surface area contributed by atoms with E-state index in [0.717, 1.165) is 24.6 Å². The second-order valence-corrected chi connectivity index (χ2v) is 6.91. The van der Waals surface area contributed by atoms with E-state index < -0.39 is 0 Å². The summed E-state index contributed by atoms with van der Waals surface area (Å²) in [5.74, 6) is 1.41. The number of nitrogens with zero attached hydrogens (tertiary/aromatic N) is 3. The molecule has 0 unspecified atom stereocenters. The zero-order valence-corrected chi connectivity index (χ0v) is 15.7.